The van der Waals surface area contributed by atoms with Crippen LogP contribution in [0, 0.1) is 10.1 Å². The summed E-state index contributed by atoms with van der Waals surface area (Å²) in [4.78, 5) is 25.0. The molecule has 1 unspecified atom stereocenters. The van der Waals surface area contributed by atoms with Crippen LogP contribution in [0.5, 0.6) is 0 Å². The van der Waals surface area contributed by atoms with Gasteiger partial charge in [-0.2, -0.15) is 0 Å². The smallest absolute Gasteiger partial charge is 0.270 e. The zero-order valence-corrected chi connectivity index (χ0v) is 13.8. The van der Waals surface area contributed by atoms with E-state index >= 15 is 0 Å². The summed E-state index contributed by atoms with van der Waals surface area (Å²) in [6.07, 6.45) is 0. The van der Waals surface area contributed by atoms with Crippen molar-refractivity contribution in [2.24, 2.45) is 0 Å². The first-order valence-electron chi connectivity index (χ1n) is 7.75. The minimum atomic E-state index is -1.14. The Morgan fingerprint density at radius 3 is 2.80 bits per heavy atom. The maximum Gasteiger partial charge on any atom is 0.270 e. The van der Waals surface area contributed by atoms with Crippen LogP contribution < -0.4 is 5.32 Å². The van der Waals surface area contributed by atoms with Crippen molar-refractivity contribution in [1.29, 1.82) is 0 Å². The van der Waals surface area contributed by atoms with Crippen molar-refractivity contribution < 1.29 is 14.5 Å². The molecule has 1 saturated heterocycles. The lowest BCUT2D eigenvalue weighted by Crippen LogP contribution is -2.44. The number of carbonyl (C=O) groups is 1. The Labute approximate surface area is 148 Å². The number of non-ortho nitro benzene ring substituents is 1. The maximum absolute atomic E-state index is 12.3. The molecule has 0 saturated carbocycles. The number of benzene rings is 2. The van der Waals surface area contributed by atoms with Crippen LogP contribution in [-0.2, 0) is 15.3 Å². The van der Waals surface area contributed by atoms with E-state index in [0.29, 0.717) is 35.0 Å². The summed E-state index contributed by atoms with van der Waals surface area (Å²) in [5.41, 5.74) is 0.445. The lowest BCUT2D eigenvalue weighted by molar-refractivity contribution is -0.385. The highest BCUT2D eigenvalue weighted by molar-refractivity contribution is 6.31. The molecule has 1 atom stereocenters. The van der Waals surface area contributed by atoms with Crippen LogP contribution in [0.25, 0.3) is 0 Å². The Hall–Kier alpha value is -2.48. The first-order valence-corrected chi connectivity index (χ1v) is 8.13. The summed E-state index contributed by atoms with van der Waals surface area (Å²) in [5.74, 6) is -0.200. The van der Waals surface area contributed by atoms with E-state index in [1.807, 2.05) is 17.0 Å². The molecule has 0 bridgehead atoms. The summed E-state index contributed by atoms with van der Waals surface area (Å²) < 4.78 is 6.13. The summed E-state index contributed by atoms with van der Waals surface area (Å²) in [7, 11) is 0. The minimum Gasteiger partial charge on any atom is -0.350 e. The van der Waals surface area contributed by atoms with Crippen LogP contribution in [0.3, 0.4) is 0 Å². The number of hydrogen-bond donors (Lipinski definition) is 1. The number of nitrogens with zero attached hydrogens (tertiary/aromatic N) is 2. The summed E-state index contributed by atoms with van der Waals surface area (Å²) in [6, 6.07) is 11.5. The van der Waals surface area contributed by atoms with Gasteiger partial charge >= 0.3 is 0 Å². The fourth-order valence-electron chi connectivity index (χ4n) is 3.52. The molecule has 4 rings (SSSR count). The molecular weight excluding hydrogens is 346 g/mol. The number of carbonyl (C=O) groups excluding carboxylic acids is 1. The van der Waals surface area contributed by atoms with Gasteiger partial charge in [0.15, 0.2) is 5.72 Å². The SMILES string of the molecule is O=C1CN2CCOC2(c2ccccc2Cl)c2cc([N+](=O)[O-])ccc2N1. The van der Waals surface area contributed by atoms with Gasteiger partial charge in [0.1, 0.15) is 0 Å². The van der Waals surface area contributed by atoms with Gasteiger partial charge in [-0.3, -0.25) is 19.8 Å². The quantitative estimate of drug-likeness (QED) is 0.658. The van der Waals surface area contributed by atoms with Crippen molar-refractivity contribution >= 4 is 28.9 Å². The third-order valence-electron chi connectivity index (χ3n) is 4.54. The number of ether oxygens (including phenoxy) is 1. The second-order valence-electron chi connectivity index (χ2n) is 5.93. The van der Waals surface area contributed by atoms with Gasteiger partial charge in [0.25, 0.3) is 5.69 Å². The van der Waals surface area contributed by atoms with Crippen molar-refractivity contribution in [3.05, 3.63) is 68.7 Å². The lowest BCUT2D eigenvalue weighted by Gasteiger charge is -2.36. The fourth-order valence-corrected chi connectivity index (χ4v) is 3.78. The van der Waals surface area contributed by atoms with Crippen LogP contribution in [0.4, 0.5) is 11.4 Å². The van der Waals surface area contributed by atoms with E-state index in [4.69, 9.17) is 16.3 Å². The van der Waals surface area contributed by atoms with Crippen molar-refractivity contribution in [3.63, 3.8) is 0 Å². The number of anilines is 1. The first-order chi connectivity index (χ1) is 12.0. The minimum absolute atomic E-state index is 0.0724. The van der Waals surface area contributed by atoms with Crippen LogP contribution in [0.2, 0.25) is 5.02 Å². The molecule has 0 radical (unpaired) electrons. The zero-order valence-electron chi connectivity index (χ0n) is 13.1. The van der Waals surface area contributed by atoms with Crippen LogP contribution >= 0.6 is 11.6 Å². The Kier molecular flexibility index (Phi) is 3.72. The molecule has 2 heterocycles. The summed E-state index contributed by atoms with van der Waals surface area (Å²) in [6.45, 7) is 1.01. The molecule has 0 spiro atoms. The van der Waals surface area contributed by atoms with E-state index in [1.165, 1.54) is 18.2 Å². The van der Waals surface area contributed by atoms with Crippen molar-refractivity contribution in [2.45, 2.75) is 5.72 Å². The van der Waals surface area contributed by atoms with Gasteiger partial charge in [0, 0.05) is 40.5 Å². The van der Waals surface area contributed by atoms with E-state index in [9.17, 15) is 14.9 Å². The molecule has 8 heteroatoms. The Bertz CT molecular complexity index is 888. The molecule has 1 fully saturated rings. The van der Waals surface area contributed by atoms with Gasteiger partial charge in [0.05, 0.1) is 18.1 Å². The monoisotopic (exact) mass is 359 g/mol. The predicted molar refractivity (Wildman–Crippen MR) is 91.5 cm³/mol. The molecule has 0 aromatic heterocycles. The largest absolute Gasteiger partial charge is 0.350 e. The molecule has 128 valence electrons. The van der Waals surface area contributed by atoms with E-state index in [0.717, 1.165) is 0 Å². The van der Waals surface area contributed by atoms with Gasteiger partial charge in [-0.1, -0.05) is 29.8 Å². The molecule has 2 aliphatic heterocycles. The van der Waals surface area contributed by atoms with E-state index in [1.54, 1.807) is 12.1 Å². The Morgan fingerprint density at radius 2 is 2.04 bits per heavy atom. The topological polar surface area (TPSA) is 84.7 Å². The predicted octanol–water partition coefficient (Wildman–Crippen LogP) is 2.73. The standard InChI is InChI=1S/C17H14ClN3O4/c18-14-4-2-1-3-12(14)17-13-9-11(21(23)24)5-6-15(13)19-16(22)10-20(17)7-8-25-17/h1-6,9H,7-8,10H2,(H,19,22). The van der Waals surface area contributed by atoms with Crippen molar-refractivity contribution in [3.8, 4) is 0 Å². The molecule has 2 aliphatic rings. The number of hydrogen-bond acceptors (Lipinski definition) is 5. The van der Waals surface area contributed by atoms with Crippen LogP contribution in [0.1, 0.15) is 11.1 Å². The molecule has 2 aromatic carbocycles. The van der Waals surface area contributed by atoms with Crippen molar-refractivity contribution in [2.75, 3.05) is 25.0 Å². The van der Waals surface area contributed by atoms with Crippen molar-refractivity contribution in [1.82, 2.24) is 4.90 Å². The molecule has 2 aromatic rings. The Morgan fingerprint density at radius 1 is 1.24 bits per heavy atom. The summed E-state index contributed by atoms with van der Waals surface area (Å²) >= 11 is 6.43. The number of rotatable bonds is 2. The summed E-state index contributed by atoms with van der Waals surface area (Å²) in [5, 5.41) is 14.6. The van der Waals surface area contributed by atoms with Gasteiger partial charge in [-0.25, -0.2) is 0 Å². The highest BCUT2D eigenvalue weighted by Gasteiger charge is 2.50. The third kappa shape index (κ3) is 2.39. The number of nitro groups is 1. The normalized spacial score (nSPS) is 22.7. The molecular formula is C17H14ClN3O4. The van der Waals surface area contributed by atoms with E-state index < -0.39 is 10.6 Å². The number of halogens is 1. The average molecular weight is 360 g/mol. The van der Waals surface area contributed by atoms with Gasteiger partial charge in [-0.15, -0.1) is 0 Å². The second kappa shape index (κ2) is 5.80. The average Bonchev–Trinajstić information content (AvgIpc) is 2.94. The maximum atomic E-state index is 12.3. The van der Waals surface area contributed by atoms with Gasteiger partial charge < -0.3 is 10.1 Å². The second-order valence-corrected chi connectivity index (χ2v) is 6.34. The van der Waals surface area contributed by atoms with Gasteiger partial charge in [0.2, 0.25) is 5.91 Å². The number of fused-ring (bicyclic) bond motifs is 3. The van der Waals surface area contributed by atoms with Crippen LogP contribution in [0.15, 0.2) is 42.5 Å². The molecule has 1 amide bonds. The fraction of sp³-hybridized carbons (Fsp3) is 0.235. The third-order valence-corrected chi connectivity index (χ3v) is 4.87. The van der Waals surface area contributed by atoms with E-state index in [2.05, 4.69) is 5.32 Å². The Balaban J connectivity index is 2.04. The first kappa shape index (κ1) is 16.0. The zero-order chi connectivity index (χ0) is 17.6. The number of amides is 1. The van der Waals surface area contributed by atoms with E-state index in [-0.39, 0.29) is 18.1 Å². The lowest BCUT2D eigenvalue weighted by atomic mass is 9.91. The highest BCUT2D eigenvalue weighted by Crippen LogP contribution is 2.48. The van der Waals surface area contributed by atoms with Gasteiger partial charge in [-0.05, 0) is 12.1 Å². The molecule has 0 aliphatic carbocycles. The highest BCUT2D eigenvalue weighted by atomic mass is 35.5. The molecule has 1 N–H and O–H groups in total. The molecule has 7 nitrogen and oxygen atoms in total. The van der Waals surface area contributed by atoms with Crippen LogP contribution in [-0.4, -0.2) is 35.4 Å². The number of nitrogens with one attached hydrogen (secondary N) is 1. The molecule has 25 heavy (non-hydrogen) atoms. The number of nitro benzene ring substituents is 1.